The molecule has 110 valence electrons. The lowest BCUT2D eigenvalue weighted by Crippen LogP contribution is -2.57. The molecule has 2 amide bonds. The standard InChI is InChI=1S/C13H24N2O3S/c1-12(2,8-18-5)7-14-10(16)9-6-19-13(3,4)11(17)15-9/h9H,6-8H2,1-5H3,(H,14,16)(H,15,17). The zero-order valence-corrected chi connectivity index (χ0v) is 13.1. The maximum atomic E-state index is 12.0. The third-order valence-corrected chi connectivity index (χ3v) is 4.46. The van der Waals surface area contributed by atoms with Gasteiger partial charge >= 0.3 is 0 Å². The molecule has 19 heavy (non-hydrogen) atoms. The van der Waals surface area contributed by atoms with E-state index in [4.69, 9.17) is 4.74 Å². The van der Waals surface area contributed by atoms with Gasteiger partial charge in [0.25, 0.3) is 0 Å². The average Bonchev–Trinajstić information content (AvgIpc) is 2.30. The van der Waals surface area contributed by atoms with Crippen molar-refractivity contribution >= 4 is 23.6 Å². The fraction of sp³-hybridized carbons (Fsp3) is 0.846. The Labute approximate surface area is 119 Å². The van der Waals surface area contributed by atoms with Crippen molar-refractivity contribution in [2.45, 2.75) is 38.5 Å². The number of carbonyl (C=O) groups is 2. The molecule has 6 heteroatoms. The lowest BCUT2D eigenvalue weighted by atomic mass is 9.95. The third-order valence-electron chi connectivity index (χ3n) is 3.06. The Morgan fingerprint density at radius 2 is 2.21 bits per heavy atom. The highest BCUT2D eigenvalue weighted by atomic mass is 32.2. The molecular formula is C13H24N2O3S. The third kappa shape index (κ3) is 4.69. The van der Waals surface area contributed by atoms with Crippen LogP contribution in [0.5, 0.6) is 0 Å². The Morgan fingerprint density at radius 1 is 1.58 bits per heavy atom. The quantitative estimate of drug-likeness (QED) is 0.785. The van der Waals surface area contributed by atoms with Crippen molar-refractivity contribution in [1.82, 2.24) is 10.6 Å². The molecule has 0 aromatic carbocycles. The summed E-state index contributed by atoms with van der Waals surface area (Å²) in [6.07, 6.45) is 0. The topological polar surface area (TPSA) is 67.4 Å². The van der Waals surface area contributed by atoms with Gasteiger partial charge in [-0.3, -0.25) is 9.59 Å². The van der Waals surface area contributed by atoms with Crippen LogP contribution >= 0.6 is 11.8 Å². The van der Waals surface area contributed by atoms with Crippen LogP contribution in [0.4, 0.5) is 0 Å². The van der Waals surface area contributed by atoms with Crippen molar-refractivity contribution < 1.29 is 14.3 Å². The number of hydrogen-bond donors (Lipinski definition) is 2. The molecule has 0 spiro atoms. The largest absolute Gasteiger partial charge is 0.384 e. The minimum absolute atomic E-state index is 0.0833. The van der Waals surface area contributed by atoms with Gasteiger partial charge in [0.1, 0.15) is 6.04 Å². The molecule has 0 saturated carbocycles. The highest BCUT2D eigenvalue weighted by Crippen LogP contribution is 2.29. The minimum Gasteiger partial charge on any atom is -0.384 e. The molecule has 0 aliphatic carbocycles. The van der Waals surface area contributed by atoms with Crippen molar-refractivity contribution in [1.29, 1.82) is 0 Å². The van der Waals surface area contributed by atoms with Gasteiger partial charge in [0.15, 0.2) is 0 Å². The summed E-state index contributed by atoms with van der Waals surface area (Å²) >= 11 is 1.51. The van der Waals surface area contributed by atoms with Crippen LogP contribution in [0.3, 0.4) is 0 Å². The first-order valence-electron chi connectivity index (χ1n) is 6.39. The van der Waals surface area contributed by atoms with Gasteiger partial charge in [0.2, 0.25) is 11.8 Å². The fourth-order valence-electron chi connectivity index (χ4n) is 1.76. The van der Waals surface area contributed by atoms with Crippen LogP contribution in [0.15, 0.2) is 0 Å². The van der Waals surface area contributed by atoms with E-state index in [1.165, 1.54) is 11.8 Å². The first-order valence-corrected chi connectivity index (χ1v) is 7.38. The van der Waals surface area contributed by atoms with Crippen LogP contribution < -0.4 is 10.6 Å². The van der Waals surface area contributed by atoms with Gasteiger partial charge in [0.05, 0.1) is 11.4 Å². The number of carbonyl (C=O) groups excluding carboxylic acids is 2. The maximum Gasteiger partial charge on any atom is 0.243 e. The maximum absolute atomic E-state index is 12.0. The zero-order valence-electron chi connectivity index (χ0n) is 12.3. The second-order valence-corrected chi connectivity index (χ2v) is 7.81. The molecule has 1 heterocycles. The Morgan fingerprint density at radius 3 is 2.74 bits per heavy atom. The van der Waals surface area contributed by atoms with Crippen molar-refractivity contribution in [2.75, 3.05) is 26.0 Å². The normalized spacial score (nSPS) is 22.8. The van der Waals surface area contributed by atoms with Gasteiger partial charge in [-0.2, -0.15) is 0 Å². The summed E-state index contributed by atoms with van der Waals surface area (Å²) in [5.41, 5.74) is -0.116. The predicted molar refractivity (Wildman–Crippen MR) is 77.1 cm³/mol. The Hall–Kier alpha value is -0.750. The molecule has 1 aliphatic rings. The molecule has 1 fully saturated rings. The van der Waals surface area contributed by atoms with Crippen LogP contribution in [0.2, 0.25) is 0 Å². The second-order valence-electron chi connectivity index (χ2n) is 6.16. The molecule has 1 unspecified atom stereocenters. The van der Waals surface area contributed by atoms with Gasteiger partial charge in [-0.05, 0) is 13.8 Å². The number of methoxy groups -OCH3 is 1. The van der Waals surface area contributed by atoms with Crippen LogP contribution in [0.25, 0.3) is 0 Å². The van der Waals surface area contributed by atoms with E-state index >= 15 is 0 Å². The fourth-order valence-corrected chi connectivity index (χ4v) is 2.77. The molecule has 1 aliphatic heterocycles. The van der Waals surface area contributed by atoms with Gasteiger partial charge in [-0.25, -0.2) is 0 Å². The molecule has 5 nitrogen and oxygen atoms in total. The van der Waals surface area contributed by atoms with E-state index in [1.807, 2.05) is 27.7 Å². The summed E-state index contributed by atoms with van der Waals surface area (Å²) in [6, 6.07) is -0.441. The van der Waals surface area contributed by atoms with Gasteiger partial charge in [0, 0.05) is 24.8 Å². The summed E-state index contributed by atoms with van der Waals surface area (Å²) in [4.78, 5) is 23.8. The average molecular weight is 288 g/mol. The van der Waals surface area contributed by atoms with Crippen molar-refractivity contribution in [3.63, 3.8) is 0 Å². The van der Waals surface area contributed by atoms with E-state index in [0.29, 0.717) is 18.9 Å². The van der Waals surface area contributed by atoms with Crippen LogP contribution in [-0.2, 0) is 14.3 Å². The number of nitrogens with one attached hydrogen (secondary N) is 2. The predicted octanol–water partition coefficient (Wildman–Crippen LogP) is 0.785. The van der Waals surface area contributed by atoms with Crippen molar-refractivity contribution in [3.05, 3.63) is 0 Å². The SMILES string of the molecule is COCC(C)(C)CNC(=O)C1CSC(C)(C)C(=O)N1. The molecule has 1 rings (SSSR count). The Balaban J connectivity index is 2.46. The van der Waals surface area contributed by atoms with Gasteiger partial charge in [-0.15, -0.1) is 11.8 Å². The highest BCUT2D eigenvalue weighted by Gasteiger charge is 2.38. The van der Waals surface area contributed by atoms with E-state index in [9.17, 15) is 9.59 Å². The number of amides is 2. The number of hydrogen-bond acceptors (Lipinski definition) is 4. The van der Waals surface area contributed by atoms with Crippen LogP contribution in [0, 0.1) is 5.41 Å². The minimum atomic E-state index is -0.452. The summed E-state index contributed by atoms with van der Waals surface area (Å²) in [5, 5.41) is 5.65. The molecule has 1 saturated heterocycles. The van der Waals surface area contributed by atoms with E-state index in [1.54, 1.807) is 7.11 Å². The molecule has 0 bridgehead atoms. The Kier molecular flexibility index (Phi) is 5.26. The lowest BCUT2D eigenvalue weighted by Gasteiger charge is -2.33. The van der Waals surface area contributed by atoms with Crippen molar-refractivity contribution in [2.24, 2.45) is 5.41 Å². The lowest BCUT2D eigenvalue weighted by molar-refractivity contribution is -0.130. The number of thioether (sulfide) groups is 1. The number of ether oxygens (including phenoxy) is 1. The Bertz CT molecular complexity index is 356. The van der Waals surface area contributed by atoms with E-state index in [0.717, 1.165) is 0 Å². The summed E-state index contributed by atoms with van der Waals surface area (Å²) < 4.78 is 4.65. The first-order chi connectivity index (χ1) is 8.68. The molecule has 0 radical (unpaired) electrons. The molecule has 2 N–H and O–H groups in total. The molecule has 0 aromatic heterocycles. The highest BCUT2D eigenvalue weighted by molar-refractivity contribution is 8.01. The molecule has 0 aromatic rings. The smallest absolute Gasteiger partial charge is 0.243 e. The summed E-state index contributed by atoms with van der Waals surface area (Å²) in [5.74, 6) is 0.399. The second kappa shape index (κ2) is 6.13. The van der Waals surface area contributed by atoms with Crippen LogP contribution in [0.1, 0.15) is 27.7 Å². The van der Waals surface area contributed by atoms with E-state index in [2.05, 4.69) is 10.6 Å². The van der Waals surface area contributed by atoms with E-state index in [-0.39, 0.29) is 17.2 Å². The monoisotopic (exact) mass is 288 g/mol. The molecule has 1 atom stereocenters. The molecular weight excluding hydrogens is 264 g/mol. The summed E-state index contributed by atoms with van der Waals surface area (Å²) in [6.45, 7) is 8.88. The summed E-state index contributed by atoms with van der Waals surface area (Å²) in [7, 11) is 1.64. The van der Waals surface area contributed by atoms with E-state index < -0.39 is 10.8 Å². The van der Waals surface area contributed by atoms with Gasteiger partial charge < -0.3 is 15.4 Å². The van der Waals surface area contributed by atoms with Crippen LogP contribution in [-0.4, -0.2) is 48.6 Å². The zero-order chi connectivity index (χ0) is 14.7. The number of rotatable bonds is 5. The first kappa shape index (κ1) is 16.3. The van der Waals surface area contributed by atoms with Crippen molar-refractivity contribution in [3.8, 4) is 0 Å². The van der Waals surface area contributed by atoms with Gasteiger partial charge in [-0.1, -0.05) is 13.8 Å².